The zero-order valence-electron chi connectivity index (χ0n) is 12.0. The minimum Gasteiger partial charge on any atom is -0.380 e. The zero-order chi connectivity index (χ0) is 15.5. The first kappa shape index (κ1) is 16.4. The lowest BCUT2D eigenvalue weighted by atomic mass is 10.2. The number of benzene rings is 1. The smallest absolute Gasteiger partial charge is 0.293 e. The third-order valence-electron chi connectivity index (χ3n) is 2.99. The molecule has 0 saturated heterocycles. The van der Waals surface area contributed by atoms with Gasteiger partial charge in [-0.05, 0) is 25.5 Å². The third kappa shape index (κ3) is 3.07. The lowest BCUT2D eigenvalue weighted by Crippen LogP contribution is -2.27. The molecule has 1 rings (SSSR count). The lowest BCUT2D eigenvalue weighted by Gasteiger charge is -2.17. The Morgan fingerprint density at radius 2 is 1.95 bits per heavy atom. The Morgan fingerprint density at radius 1 is 1.35 bits per heavy atom. The lowest BCUT2D eigenvalue weighted by molar-refractivity contribution is -0.384. The number of rotatable bonds is 6. The van der Waals surface area contributed by atoms with Gasteiger partial charge < -0.3 is 5.32 Å². The Kier molecular flexibility index (Phi) is 5.07. The van der Waals surface area contributed by atoms with Crippen molar-refractivity contribution in [3.63, 3.8) is 0 Å². The van der Waals surface area contributed by atoms with Crippen LogP contribution in [0.2, 0.25) is 0 Å². The van der Waals surface area contributed by atoms with Crippen LogP contribution in [0.15, 0.2) is 17.0 Å². The number of nitro groups is 1. The van der Waals surface area contributed by atoms with Crippen LogP contribution in [0.4, 0.5) is 11.4 Å². The van der Waals surface area contributed by atoms with E-state index in [-0.39, 0.29) is 10.6 Å². The highest BCUT2D eigenvalue weighted by Gasteiger charge is 2.26. The van der Waals surface area contributed by atoms with Crippen LogP contribution in [0.5, 0.6) is 0 Å². The molecular formula is C12H19N3O4S. The summed E-state index contributed by atoms with van der Waals surface area (Å²) in [5.74, 6) is 0. The molecule has 0 saturated carbocycles. The monoisotopic (exact) mass is 301 g/mol. The van der Waals surface area contributed by atoms with Gasteiger partial charge in [0, 0.05) is 26.2 Å². The molecule has 20 heavy (non-hydrogen) atoms. The second-order valence-electron chi connectivity index (χ2n) is 4.34. The van der Waals surface area contributed by atoms with Crippen LogP contribution >= 0.6 is 0 Å². The number of hydrogen-bond acceptors (Lipinski definition) is 5. The van der Waals surface area contributed by atoms with Gasteiger partial charge in [-0.15, -0.1) is 0 Å². The van der Waals surface area contributed by atoms with E-state index in [0.717, 1.165) is 10.4 Å². The van der Waals surface area contributed by atoms with Crippen LogP contribution in [-0.2, 0) is 10.0 Å². The van der Waals surface area contributed by atoms with Crippen molar-refractivity contribution in [1.82, 2.24) is 4.31 Å². The molecule has 0 spiro atoms. The molecule has 0 atom stereocenters. The van der Waals surface area contributed by atoms with Gasteiger partial charge in [-0.25, -0.2) is 12.7 Å². The fraction of sp³-hybridized carbons (Fsp3) is 0.500. The number of sulfonamides is 1. The van der Waals surface area contributed by atoms with Gasteiger partial charge in [-0.2, -0.15) is 0 Å². The highest BCUT2D eigenvalue weighted by molar-refractivity contribution is 7.89. The predicted octanol–water partition coefficient (Wildman–Crippen LogP) is 1.98. The Morgan fingerprint density at radius 3 is 2.40 bits per heavy atom. The Hall–Kier alpha value is -1.67. The van der Waals surface area contributed by atoms with E-state index >= 15 is 0 Å². The fourth-order valence-corrected chi connectivity index (χ4v) is 3.18. The van der Waals surface area contributed by atoms with Crippen molar-refractivity contribution in [1.29, 1.82) is 0 Å². The Labute approximate surface area is 118 Å². The molecular weight excluding hydrogens is 282 g/mol. The van der Waals surface area contributed by atoms with E-state index in [2.05, 4.69) is 5.32 Å². The molecule has 0 bridgehead atoms. The van der Waals surface area contributed by atoms with E-state index < -0.39 is 14.9 Å². The minimum absolute atomic E-state index is 0.0322. The van der Waals surface area contributed by atoms with Gasteiger partial charge >= 0.3 is 0 Å². The molecule has 1 N–H and O–H groups in total. The molecule has 0 aliphatic carbocycles. The van der Waals surface area contributed by atoms with E-state index in [9.17, 15) is 18.5 Å². The van der Waals surface area contributed by atoms with Crippen LogP contribution in [0, 0.1) is 17.0 Å². The summed E-state index contributed by atoms with van der Waals surface area (Å²) in [5.41, 5.74) is 0.570. The van der Waals surface area contributed by atoms with Gasteiger partial charge in [0.05, 0.1) is 9.82 Å². The molecule has 1 aromatic carbocycles. The van der Waals surface area contributed by atoms with Gasteiger partial charge in [0.2, 0.25) is 10.0 Å². The first-order chi connectivity index (χ1) is 9.25. The van der Waals surface area contributed by atoms with Crippen molar-refractivity contribution in [3.05, 3.63) is 27.8 Å². The van der Waals surface area contributed by atoms with Crippen molar-refractivity contribution in [3.8, 4) is 0 Å². The number of nitrogens with zero attached hydrogens (tertiary/aromatic N) is 2. The molecule has 0 fully saturated rings. The average Bonchev–Trinajstić information content (AvgIpc) is 2.37. The maximum absolute atomic E-state index is 12.3. The number of nitro benzene ring substituents is 1. The molecule has 0 heterocycles. The van der Waals surface area contributed by atoms with E-state index in [1.165, 1.54) is 13.1 Å². The third-order valence-corrected chi connectivity index (χ3v) is 5.07. The maximum Gasteiger partial charge on any atom is 0.293 e. The van der Waals surface area contributed by atoms with Gasteiger partial charge in [0.1, 0.15) is 5.69 Å². The Balaban J connectivity index is 3.51. The van der Waals surface area contributed by atoms with Gasteiger partial charge in [-0.1, -0.05) is 6.92 Å². The summed E-state index contributed by atoms with van der Waals surface area (Å²) >= 11 is 0. The second kappa shape index (κ2) is 6.19. The molecule has 0 radical (unpaired) electrons. The quantitative estimate of drug-likeness (QED) is 0.640. The van der Waals surface area contributed by atoms with Crippen molar-refractivity contribution in [2.24, 2.45) is 0 Å². The standard InChI is InChI=1S/C12H19N3O4S/c1-5-13-10-7-9(3)12(8-11(10)15(16)17)20(18,19)14(4)6-2/h7-8,13H,5-6H2,1-4H3. The van der Waals surface area contributed by atoms with Crippen molar-refractivity contribution < 1.29 is 13.3 Å². The molecule has 0 amide bonds. The largest absolute Gasteiger partial charge is 0.380 e. The number of aryl methyl sites for hydroxylation is 1. The summed E-state index contributed by atoms with van der Waals surface area (Å²) in [6, 6.07) is 2.62. The molecule has 8 heteroatoms. The first-order valence-electron chi connectivity index (χ1n) is 6.24. The topological polar surface area (TPSA) is 92.6 Å². The zero-order valence-corrected chi connectivity index (χ0v) is 12.8. The molecule has 0 aliphatic heterocycles. The minimum atomic E-state index is -3.71. The summed E-state index contributed by atoms with van der Waals surface area (Å²) in [7, 11) is -2.26. The summed E-state index contributed by atoms with van der Waals surface area (Å²) in [6.07, 6.45) is 0. The van der Waals surface area contributed by atoms with Crippen LogP contribution in [0.25, 0.3) is 0 Å². The molecule has 0 aromatic heterocycles. The number of hydrogen-bond donors (Lipinski definition) is 1. The van der Waals surface area contributed by atoms with Crippen LogP contribution in [-0.4, -0.2) is 37.8 Å². The fourth-order valence-electron chi connectivity index (χ4n) is 1.78. The van der Waals surface area contributed by atoms with Gasteiger partial charge in [0.25, 0.3) is 5.69 Å². The van der Waals surface area contributed by atoms with Crippen LogP contribution < -0.4 is 5.32 Å². The normalized spacial score (nSPS) is 11.7. The highest BCUT2D eigenvalue weighted by atomic mass is 32.2. The molecule has 0 aliphatic rings. The van der Waals surface area contributed by atoms with Crippen molar-refractivity contribution in [2.75, 3.05) is 25.5 Å². The van der Waals surface area contributed by atoms with E-state index in [0.29, 0.717) is 24.3 Å². The second-order valence-corrected chi connectivity index (χ2v) is 6.35. The van der Waals surface area contributed by atoms with Crippen molar-refractivity contribution >= 4 is 21.4 Å². The summed E-state index contributed by atoms with van der Waals surface area (Å²) in [5, 5.41) is 14.0. The summed E-state index contributed by atoms with van der Waals surface area (Å²) in [4.78, 5) is 10.5. The number of nitrogens with one attached hydrogen (secondary N) is 1. The molecule has 1 aromatic rings. The SMILES string of the molecule is CCNc1cc(C)c(S(=O)(=O)N(C)CC)cc1[N+](=O)[O-]. The molecule has 7 nitrogen and oxygen atoms in total. The van der Waals surface area contributed by atoms with E-state index in [1.54, 1.807) is 13.8 Å². The van der Waals surface area contributed by atoms with Crippen LogP contribution in [0.3, 0.4) is 0 Å². The van der Waals surface area contributed by atoms with E-state index in [1.807, 2.05) is 6.92 Å². The molecule has 0 unspecified atom stereocenters. The predicted molar refractivity (Wildman–Crippen MR) is 77.5 cm³/mol. The molecule has 112 valence electrons. The van der Waals surface area contributed by atoms with Crippen LogP contribution in [0.1, 0.15) is 19.4 Å². The van der Waals surface area contributed by atoms with Crippen molar-refractivity contribution in [2.45, 2.75) is 25.7 Å². The highest BCUT2D eigenvalue weighted by Crippen LogP contribution is 2.31. The average molecular weight is 301 g/mol. The summed E-state index contributed by atoms with van der Waals surface area (Å²) < 4.78 is 25.8. The van der Waals surface area contributed by atoms with E-state index in [4.69, 9.17) is 0 Å². The Bertz CT molecular complexity index is 613. The van der Waals surface area contributed by atoms with Gasteiger partial charge in [0.15, 0.2) is 0 Å². The number of anilines is 1. The maximum atomic E-state index is 12.3. The summed E-state index contributed by atoms with van der Waals surface area (Å²) in [6.45, 7) is 5.95. The van der Waals surface area contributed by atoms with Gasteiger partial charge in [-0.3, -0.25) is 10.1 Å². The first-order valence-corrected chi connectivity index (χ1v) is 7.68.